The summed E-state index contributed by atoms with van der Waals surface area (Å²) in [7, 11) is 0. The van der Waals surface area contributed by atoms with Gasteiger partial charge in [0, 0.05) is 41.4 Å². The van der Waals surface area contributed by atoms with Gasteiger partial charge in [0.25, 0.3) is 0 Å². The van der Waals surface area contributed by atoms with Crippen LogP contribution in [-0.4, -0.2) is 30.1 Å². The van der Waals surface area contributed by atoms with Crippen molar-refractivity contribution in [2.24, 2.45) is 0 Å². The molecule has 2 amide bonds. The van der Waals surface area contributed by atoms with E-state index in [2.05, 4.69) is 20.5 Å². The third kappa shape index (κ3) is 3.90. The lowest BCUT2D eigenvalue weighted by Gasteiger charge is -2.32. The van der Waals surface area contributed by atoms with E-state index in [0.29, 0.717) is 5.02 Å². The summed E-state index contributed by atoms with van der Waals surface area (Å²) in [5, 5.41) is 9.54. The highest BCUT2D eigenvalue weighted by Gasteiger charge is 2.21. The van der Waals surface area contributed by atoms with Gasteiger partial charge in [0.1, 0.15) is 0 Å². The molecule has 0 atom stereocenters. The molecule has 1 saturated heterocycles. The first-order valence-corrected chi connectivity index (χ1v) is 8.44. The van der Waals surface area contributed by atoms with Crippen LogP contribution >= 0.6 is 22.9 Å². The van der Waals surface area contributed by atoms with E-state index in [1.807, 2.05) is 11.6 Å². The van der Waals surface area contributed by atoms with Gasteiger partial charge in [-0.3, -0.25) is 0 Å². The molecule has 0 unspecified atom stereocenters. The fourth-order valence-corrected chi connectivity index (χ4v) is 3.30. The third-order valence-electron chi connectivity index (χ3n) is 3.62. The van der Waals surface area contributed by atoms with Crippen LogP contribution in [0.4, 0.5) is 15.6 Å². The second-order valence-corrected chi connectivity index (χ2v) is 6.49. The number of hydrogen-bond donors (Lipinski definition) is 2. The van der Waals surface area contributed by atoms with Gasteiger partial charge in [-0.2, -0.15) is 0 Å². The van der Waals surface area contributed by atoms with E-state index in [4.69, 9.17) is 11.6 Å². The summed E-state index contributed by atoms with van der Waals surface area (Å²) in [4.78, 5) is 18.6. The Hall–Kier alpha value is -1.79. The molecule has 0 spiro atoms. The molecule has 2 aromatic rings. The van der Waals surface area contributed by atoms with Crippen molar-refractivity contribution in [3.8, 4) is 0 Å². The maximum atomic E-state index is 12.0. The molecule has 0 aliphatic carbocycles. The first-order valence-electron chi connectivity index (χ1n) is 7.18. The van der Waals surface area contributed by atoms with Crippen molar-refractivity contribution in [1.29, 1.82) is 0 Å². The van der Waals surface area contributed by atoms with E-state index in [0.717, 1.165) is 36.8 Å². The highest BCUT2D eigenvalue weighted by molar-refractivity contribution is 7.13. The highest BCUT2D eigenvalue weighted by atomic mass is 35.5. The number of aromatic nitrogens is 1. The highest BCUT2D eigenvalue weighted by Crippen LogP contribution is 2.22. The monoisotopic (exact) mass is 336 g/mol. The number of hydrogen-bond acceptors (Lipinski definition) is 4. The minimum absolute atomic E-state index is 0.171. The van der Waals surface area contributed by atoms with Crippen LogP contribution < -0.4 is 15.5 Å². The van der Waals surface area contributed by atoms with E-state index in [1.165, 1.54) is 0 Å². The molecule has 116 valence electrons. The normalized spacial score (nSPS) is 15.6. The molecule has 1 fully saturated rings. The number of thiazole rings is 1. The minimum Gasteiger partial charge on any atom is -0.348 e. The van der Waals surface area contributed by atoms with Crippen molar-refractivity contribution in [3.63, 3.8) is 0 Å². The summed E-state index contributed by atoms with van der Waals surface area (Å²) >= 11 is 7.47. The van der Waals surface area contributed by atoms with Gasteiger partial charge in [-0.1, -0.05) is 11.6 Å². The summed E-state index contributed by atoms with van der Waals surface area (Å²) in [6.07, 6.45) is 3.67. The van der Waals surface area contributed by atoms with Crippen molar-refractivity contribution >= 4 is 39.8 Å². The quantitative estimate of drug-likeness (QED) is 0.900. The van der Waals surface area contributed by atoms with Crippen LogP contribution in [0, 0.1) is 0 Å². The summed E-state index contributed by atoms with van der Waals surface area (Å²) < 4.78 is 0. The SMILES string of the molecule is O=C(Nc1ccc(Cl)cc1)NC1CCN(c2nccs2)CC1. The average Bonchev–Trinajstić information content (AvgIpc) is 3.05. The molecule has 1 aromatic carbocycles. The van der Waals surface area contributed by atoms with Gasteiger partial charge in [-0.05, 0) is 37.1 Å². The fourth-order valence-electron chi connectivity index (χ4n) is 2.47. The smallest absolute Gasteiger partial charge is 0.319 e. The van der Waals surface area contributed by atoms with Gasteiger partial charge in [-0.25, -0.2) is 9.78 Å². The Labute approximate surface area is 138 Å². The number of amides is 2. The number of nitrogens with one attached hydrogen (secondary N) is 2. The lowest BCUT2D eigenvalue weighted by Crippen LogP contribution is -2.46. The van der Waals surface area contributed by atoms with Crippen LogP contribution in [0.2, 0.25) is 5.02 Å². The van der Waals surface area contributed by atoms with E-state index in [1.54, 1.807) is 35.6 Å². The Bertz CT molecular complexity index is 609. The first kappa shape index (κ1) is 15.1. The Morgan fingerprint density at radius 2 is 2.00 bits per heavy atom. The zero-order chi connectivity index (χ0) is 15.4. The zero-order valence-corrected chi connectivity index (χ0v) is 13.5. The van der Waals surface area contributed by atoms with Crippen LogP contribution in [0.3, 0.4) is 0 Å². The second-order valence-electron chi connectivity index (χ2n) is 5.18. The molecule has 3 rings (SSSR count). The van der Waals surface area contributed by atoms with Crippen molar-refractivity contribution in [1.82, 2.24) is 10.3 Å². The molecule has 22 heavy (non-hydrogen) atoms. The van der Waals surface area contributed by atoms with Gasteiger partial charge in [-0.15, -0.1) is 11.3 Å². The lowest BCUT2D eigenvalue weighted by atomic mass is 10.1. The third-order valence-corrected chi connectivity index (χ3v) is 4.71. The van der Waals surface area contributed by atoms with Crippen molar-refractivity contribution in [2.45, 2.75) is 18.9 Å². The topological polar surface area (TPSA) is 57.3 Å². The largest absolute Gasteiger partial charge is 0.348 e. The lowest BCUT2D eigenvalue weighted by molar-refractivity contribution is 0.246. The number of carbonyl (C=O) groups excluding carboxylic acids is 1. The Morgan fingerprint density at radius 1 is 1.27 bits per heavy atom. The summed E-state index contributed by atoms with van der Waals surface area (Å²) in [5.41, 5.74) is 0.738. The van der Waals surface area contributed by atoms with Crippen LogP contribution in [-0.2, 0) is 0 Å². The number of piperidine rings is 1. The van der Waals surface area contributed by atoms with E-state index >= 15 is 0 Å². The Kier molecular flexibility index (Phi) is 4.80. The Morgan fingerprint density at radius 3 is 2.64 bits per heavy atom. The number of urea groups is 1. The average molecular weight is 337 g/mol. The van der Waals surface area contributed by atoms with Gasteiger partial charge < -0.3 is 15.5 Å². The Balaban J connectivity index is 1.46. The molecule has 1 aliphatic heterocycles. The van der Waals surface area contributed by atoms with Crippen molar-refractivity contribution < 1.29 is 4.79 Å². The minimum atomic E-state index is -0.171. The number of rotatable bonds is 3. The molecule has 0 bridgehead atoms. The predicted molar refractivity (Wildman–Crippen MR) is 91.0 cm³/mol. The fraction of sp³-hybridized carbons (Fsp3) is 0.333. The van der Waals surface area contributed by atoms with Crippen molar-refractivity contribution in [2.75, 3.05) is 23.3 Å². The number of halogens is 1. The summed E-state index contributed by atoms with van der Waals surface area (Å²) in [5.74, 6) is 0. The molecule has 2 N–H and O–H groups in total. The maximum absolute atomic E-state index is 12.0. The maximum Gasteiger partial charge on any atom is 0.319 e. The van der Waals surface area contributed by atoms with E-state index < -0.39 is 0 Å². The number of nitrogens with zero attached hydrogens (tertiary/aromatic N) is 2. The molecule has 1 aliphatic rings. The first-order chi connectivity index (χ1) is 10.7. The van der Waals surface area contributed by atoms with Gasteiger partial charge >= 0.3 is 6.03 Å². The summed E-state index contributed by atoms with van der Waals surface area (Å²) in [6.45, 7) is 1.83. The van der Waals surface area contributed by atoms with Crippen molar-refractivity contribution in [3.05, 3.63) is 40.9 Å². The van der Waals surface area contributed by atoms with Crippen LogP contribution in [0.5, 0.6) is 0 Å². The second kappa shape index (κ2) is 6.98. The number of benzene rings is 1. The molecule has 0 radical (unpaired) electrons. The van der Waals surface area contributed by atoms with Crippen LogP contribution in [0.15, 0.2) is 35.8 Å². The number of carbonyl (C=O) groups is 1. The van der Waals surface area contributed by atoms with E-state index in [-0.39, 0.29) is 12.1 Å². The van der Waals surface area contributed by atoms with Gasteiger partial charge in [0.2, 0.25) is 0 Å². The molecule has 7 heteroatoms. The molecule has 1 aromatic heterocycles. The molecular weight excluding hydrogens is 320 g/mol. The predicted octanol–water partition coefficient (Wildman–Crippen LogP) is 3.59. The molecular formula is C15H17ClN4OS. The zero-order valence-electron chi connectivity index (χ0n) is 12.0. The van der Waals surface area contributed by atoms with Crippen LogP contribution in [0.25, 0.3) is 0 Å². The van der Waals surface area contributed by atoms with E-state index in [9.17, 15) is 4.79 Å². The molecule has 0 saturated carbocycles. The molecule has 2 heterocycles. The van der Waals surface area contributed by atoms with Crippen LogP contribution in [0.1, 0.15) is 12.8 Å². The number of anilines is 2. The standard InChI is InChI=1S/C15H17ClN4OS/c16-11-1-3-12(4-2-11)18-14(21)19-13-5-8-20(9-6-13)15-17-7-10-22-15/h1-4,7,10,13H,5-6,8-9H2,(H2,18,19,21). The molecule has 5 nitrogen and oxygen atoms in total. The van der Waals surface area contributed by atoms with Gasteiger partial charge in [0.15, 0.2) is 5.13 Å². The summed E-state index contributed by atoms with van der Waals surface area (Å²) in [6, 6.07) is 7.10. The van der Waals surface area contributed by atoms with Gasteiger partial charge in [0.05, 0.1) is 0 Å².